The first-order valence-electron chi connectivity index (χ1n) is 8.20. The van der Waals surface area contributed by atoms with Crippen LogP contribution in [-0.4, -0.2) is 22.2 Å². The van der Waals surface area contributed by atoms with Gasteiger partial charge in [-0.1, -0.05) is 0 Å². The van der Waals surface area contributed by atoms with Crippen LogP contribution < -0.4 is 5.23 Å². The van der Waals surface area contributed by atoms with Gasteiger partial charge < -0.3 is 20.6 Å². The van der Waals surface area contributed by atoms with Crippen molar-refractivity contribution < 1.29 is 5.23 Å². The van der Waals surface area contributed by atoms with Crippen molar-refractivity contribution in [2.45, 2.75) is 12.8 Å². The van der Waals surface area contributed by atoms with Crippen LogP contribution in [0, 0.1) is 10.4 Å². The molecule has 0 atom stereocenters. The summed E-state index contributed by atoms with van der Waals surface area (Å²) in [5.74, 6) is 0. The van der Waals surface area contributed by atoms with E-state index in [1.54, 1.807) is 24.4 Å². The molecule has 2 N–H and O–H groups in total. The maximum absolute atomic E-state index is 11.1. The summed E-state index contributed by atoms with van der Waals surface area (Å²) in [6, 6.07) is 8.88. The predicted octanol–water partition coefficient (Wildman–Crippen LogP) is 2.74. The molecular formula is C19H17N4O2-. The summed E-state index contributed by atoms with van der Waals surface area (Å²) < 4.78 is 0. The fourth-order valence-corrected chi connectivity index (χ4v) is 3.18. The molecule has 6 nitrogen and oxygen atoms in total. The number of H-pyrrole nitrogens is 1. The third-order valence-electron chi connectivity index (χ3n) is 4.39. The Labute approximate surface area is 144 Å². The molecule has 1 aliphatic heterocycles. The Morgan fingerprint density at radius 3 is 2.92 bits per heavy atom. The zero-order chi connectivity index (χ0) is 17.2. The van der Waals surface area contributed by atoms with Gasteiger partial charge in [0.15, 0.2) is 0 Å². The van der Waals surface area contributed by atoms with E-state index in [4.69, 9.17) is 0 Å². The third kappa shape index (κ3) is 3.10. The van der Waals surface area contributed by atoms with E-state index in [0.29, 0.717) is 0 Å². The third-order valence-corrected chi connectivity index (χ3v) is 4.39. The van der Waals surface area contributed by atoms with Gasteiger partial charge in [-0.2, -0.15) is 0 Å². The van der Waals surface area contributed by atoms with Gasteiger partial charge in [0.2, 0.25) is 0 Å². The number of quaternary nitrogens is 1. The van der Waals surface area contributed by atoms with Crippen LogP contribution in [-0.2, 0) is 0 Å². The minimum Gasteiger partial charge on any atom is -0.628 e. The second kappa shape index (κ2) is 6.60. The number of fused-ring (bicyclic) bond motifs is 1. The van der Waals surface area contributed by atoms with Gasteiger partial charge in [-0.15, -0.1) is 0 Å². The number of nitrogens with one attached hydrogen (secondary N) is 2. The number of nitrogens with zero attached hydrogens (tertiary/aromatic N) is 2. The number of aliphatic imine (C=N–C) groups is 1. The lowest BCUT2D eigenvalue weighted by Gasteiger charge is -2.24. The highest BCUT2D eigenvalue weighted by Gasteiger charge is 2.15. The number of hydrogen-bond acceptors (Lipinski definition) is 4. The predicted molar refractivity (Wildman–Crippen MR) is 98.5 cm³/mol. The van der Waals surface area contributed by atoms with Crippen LogP contribution >= 0.6 is 0 Å². The van der Waals surface area contributed by atoms with Gasteiger partial charge >= 0.3 is 0 Å². The normalized spacial score (nSPS) is 16.6. The van der Waals surface area contributed by atoms with E-state index in [2.05, 4.69) is 21.0 Å². The van der Waals surface area contributed by atoms with Crippen molar-refractivity contribution >= 4 is 28.4 Å². The van der Waals surface area contributed by atoms with Crippen molar-refractivity contribution in [3.05, 3.63) is 76.0 Å². The molecule has 0 radical (unpaired) electrons. The Morgan fingerprint density at radius 1 is 1.20 bits per heavy atom. The van der Waals surface area contributed by atoms with Crippen molar-refractivity contribution in [1.82, 2.24) is 9.97 Å². The highest BCUT2D eigenvalue weighted by Crippen LogP contribution is 2.27. The molecule has 0 fully saturated rings. The summed E-state index contributed by atoms with van der Waals surface area (Å²) in [5.41, 5.74) is 5.13. The van der Waals surface area contributed by atoms with Crippen LogP contribution in [0.25, 0.3) is 17.0 Å². The lowest BCUT2D eigenvalue weighted by Crippen LogP contribution is -2.96. The van der Waals surface area contributed by atoms with E-state index in [0.717, 1.165) is 52.7 Å². The molecule has 0 spiro atoms. The summed E-state index contributed by atoms with van der Waals surface area (Å²) >= 11 is 0. The number of hydrogen-bond donors (Lipinski definition) is 2. The Kier molecular flexibility index (Phi) is 4.15. The Bertz CT molecular complexity index is 958. The quantitative estimate of drug-likeness (QED) is 0.722. The summed E-state index contributed by atoms with van der Waals surface area (Å²) in [4.78, 5) is 12.1. The van der Waals surface area contributed by atoms with Crippen LogP contribution in [0.1, 0.15) is 24.0 Å². The van der Waals surface area contributed by atoms with E-state index < -0.39 is 5.23 Å². The zero-order valence-electron chi connectivity index (χ0n) is 13.5. The topological polar surface area (TPSA) is 91.6 Å². The fourth-order valence-electron chi connectivity index (χ4n) is 3.18. The molecule has 25 heavy (non-hydrogen) atoms. The molecule has 3 heterocycles. The molecule has 2 aromatic heterocycles. The van der Waals surface area contributed by atoms with Gasteiger partial charge in [0.1, 0.15) is 5.69 Å². The molecule has 0 saturated carbocycles. The van der Waals surface area contributed by atoms with E-state index in [-0.39, 0.29) is 5.69 Å². The van der Waals surface area contributed by atoms with Crippen LogP contribution in [0.5, 0.6) is 0 Å². The first-order chi connectivity index (χ1) is 12.2. The monoisotopic (exact) mass is 333 g/mol. The van der Waals surface area contributed by atoms with E-state index >= 15 is 0 Å². The molecule has 4 rings (SSSR count). The molecule has 0 bridgehead atoms. The molecule has 0 aliphatic carbocycles. The molecule has 6 heteroatoms. The first kappa shape index (κ1) is 15.7. The van der Waals surface area contributed by atoms with Crippen molar-refractivity contribution in [2.24, 2.45) is 4.99 Å². The van der Waals surface area contributed by atoms with Crippen LogP contribution in [0.3, 0.4) is 0 Å². The van der Waals surface area contributed by atoms with Crippen molar-refractivity contribution in [2.75, 3.05) is 6.54 Å². The standard InChI is InChI=1S/C19H17N4O2/c24-23(25)16-5-6-18-17(10-16)15(12-22-18)9-13-3-2-8-21-19(13)14-4-1-7-20-11-14/h1,4-7,9-12,22-23H,2-3,8H2/q-1/b13-9+. The lowest BCUT2D eigenvalue weighted by atomic mass is 9.95. The fraction of sp³-hybridized carbons (Fsp3) is 0.158. The Balaban J connectivity index is 1.79. The minimum atomic E-state index is -1.17. The summed E-state index contributed by atoms with van der Waals surface area (Å²) in [6.07, 6.45) is 9.48. The highest BCUT2D eigenvalue weighted by atomic mass is 16.8. The molecule has 1 aliphatic rings. The van der Waals surface area contributed by atoms with Gasteiger partial charge in [-0.3, -0.25) is 9.98 Å². The molecule has 1 aromatic carbocycles. The van der Waals surface area contributed by atoms with E-state index in [1.165, 1.54) is 0 Å². The van der Waals surface area contributed by atoms with Gasteiger partial charge in [0.05, 0.1) is 5.71 Å². The van der Waals surface area contributed by atoms with Gasteiger partial charge in [0, 0.05) is 59.3 Å². The minimum absolute atomic E-state index is 0.177. The summed E-state index contributed by atoms with van der Waals surface area (Å²) in [7, 11) is 0. The average Bonchev–Trinajstić information content (AvgIpc) is 3.05. The zero-order valence-corrected chi connectivity index (χ0v) is 13.5. The maximum atomic E-state index is 11.1. The molecule has 126 valence electrons. The Morgan fingerprint density at radius 2 is 2.12 bits per heavy atom. The summed E-state index contributed by atoms with van der Waals surface area (Å²) in [5, 5.41) is 22.0. The Hall–Kier alpha value is -2.80. The molecular weight excluding hydrogens is 316 g/mol. The number of allylic oxidation sites excluding steroid dienone is 1. The van der Waals surface area contributed by atoms with Gasteiger partial charge in [0.25, 0.3) is 0 Å². The van der Waals surface area contributed by atoms with E-state index in [1.807, 2.05) is 24.5 Å². The number of aromatic amines is 1. The van der Waals surface area contributed by atoms with Crippen LogP contribution in [0.15, 0.2) is 59.5 Å². The van der Waals surface area contributed by atoms with Crippen molar-refractivity contribution in [3.63, 3.8) is 0 Å². The molecule has 0 unspecified atom stereocenters. The van der Waals surface area contributed by atoms with Crippen molar-refractivity contribution in [1.29, 1.82) is 0 Å². The molecule has 3 aromatic rings. The number of benzene rings is 1. The number of aromatic nitrogens is 2. The summed E-state index contributed by atoms with van der Waals surface area (Å²) in [6.45, 7) is 0.810. The highest BCUT2D eigenvalue weighted by molar-refractivity contribution is 6.15. The average molecular weight is 333 g/mol. The number of rotatable bonds is 3. The SMILES string of the molecule is [O-][NH+]([O-])c1ccc2[nH]cc(/C=C3\CCCN=C3c3cccnc3)c2c1. The number of pyridine rings is 1. The van der Waals surface area contributed by atoms with Crippen LogP contribution in [0.2, 0.25) is 0 Å². The van der Waals surface area contributed by atoms with Crippen LogP contribution in [0.4, 0.5) is 5.69 Å². The second-order valence-electron chi connectivity index (χ2n) is 6.04. The smallest absolute Gasteiger partial charge is 0.131 e. The second-order valence-corrected chi connectivity index (χ2v) is 6.04. The first-order valence-corrected chi connectivity index (χ1v) is 8.20. The molecule has 0 saturated heterocycles. The van der Waals surface area contributed by atoms with Crippen molar-refractivity contribution in [3.8, 4) is 0 Å². The van der Waals surface area contributed by atoms with E-state index in [9.17, 15) is 10.4 Å². The molecule has 0 amide bonds. The van der Waals surface area contributed by atoms with Gasteiger partial charge in [-0.05, 0) is 42.7 Å². The lowest BCUT2D eigenvalue weighted by molar-refractivity contribution is -0.715. The van der Waals surface area contributed by atoms with Gasteiger partial charge in [-0.25, -0.2) is 0 Å². The largest absolute Gasteiger partial charge is 0.628 e. The maximum Gasteiger partial charge on any atom is 0.131 e.